The van der Waals surface area contributed by atoms with Crippen molar-refractivity contribution >= 4 is 35.1 Å². The molecule has 0 fully saturated rings. The molecule has 21 heavy (non-hydrogen) atoms. The van der Waals surface area contributed by atoms with Gasteiger partial charge in [0.05, 0.1) is 16.7 Å². The fraction of sp³-hybridized carbons (Fsp3) is 0.467. The van der Waals surface area contributed by atoms with Gasteiger partial charge in [0.15, 0.2) is 5.75 Å². The normalized spacial score (nSPS) is 10.5. The lowest BCUT2D eigenvalue weighted by molar-refractivity contribution is -0.145. The Bertz CT molecular complexity index is 480. The van der Waals surface area contributed by atoms with Gasteiger partial charge in [-0.15, -0.1) is 0 Å². The fourth-order valence-corrected chi connectivity index (χ4v) is 1.93. The van der Waals surface area contributed by atoms with Crippen LogP contribution in [-0.2, 0) is 14.3 Å². The molecule has 0 bridgehead atoms. The second kappa shape index (κ2) is 8.90. The Morgan fingerprint density at radius 2 is 1.67 bits per heavy atom. The zero-order valence-electron chi connectivity index (χ0n) is 12.0. The van der Waals surface area contributed by atoms with Gasteiger partial charge in [-0.2, -0.15) is 0 Å². The lowest BCUT2D eigenvalue weighted by atomic mass is 10.2. The summed E-state index contributed by atoms with van der Waals surface area (Å²) >= 11 is 11.8. The SMILES string of the molecule is CC(C)COC(=O)CCCC(=O)Oc1c(Cl)cccc1Cl. The van der Waals surface area contributed by atoms with E-state index in [1.165, 1.54) is 0 Å². The molecule has 0 atom stereocenters. The standard InChI is InChI=1S/C15H18Cl2O4/c1-10(2)9-20-13(18)7-4-8-14(19)21-15-11(16)5-3-6-12(15)17/h3,5-6,10H,4,7-9H2,1-2H3. The molecule has 1 aromatic carbocycles. The van der Waals surface area contributed by atoms with E-state index in [1.54, 1.807) is 18.2 Å². The number of hydrogen-bond donors (Lipinski definition) is 0. The van der Waals surface area contributed by atoms with Crippen molar-refractivity contribution in [2.75, 3.05) is 6.61 Å². The van der Waals surface area contributed by atoms with Gasteiger partial charge in [0, 0.05) is 12.8 Å². The quantitative estimate of drug-likeness (QED) is 0.552. The molecule has 4 nitrogen and oxygen atoms in total. The number of para-hydroxylation sites is 1. The van der Waals surface area contributed by atoms with Gasteiger partial charge in [0.1, 0.15) is 0 Å². The third-order valence-electron chi connectivity index (χ3n) is 2.47. The molecule has 0 amide bonds. The first kappa shape index (κ1) is 17.8. The van der Waals surface area contributed by atoms with Crippen LogP contribution in [0.1, 0.15) is 33.1 Å². The van der Waals surface area contributed by atoms with Crippen molar-refractivity contribution in [3.8, 4) is 5.75 Å². The summed E-state index contributed by atoms with van der Waals surface area (Å²) in [6.45, 7) is 4.30. The molecule has 0 spiro atoms. The van der Waals surface area contributed by atoms with Crippen LogP contribution in [0.4, 0.5) is 0 Å². The summed E-state index contributed by atoms with van der Waals surface area (Å²) in [6, 6.07) is 4.82. The van der Waals surface area contributed by atoms with Gasteiger partial charge < -0.3 is 9.47 Å². The molecule has 0 radical (unpaired) electrons. The molecule has 0 aliphatic rings. The maximum absolute atomic E-state index is 11.7. The van der Waals surface area contributed by atoms with Crippen LogP contribution >= 0.6 is 23.2 Å². The van der Waals surface area contributed by atoms with E-state index in [0.29, 0.717) is 18.9 Å². The summed E-state index contributed by atoms with van der Waals surface area (Å²) in [6.07, 6.45) is 0.633. The minimum Gasteiger partial charge on any atom is -0.465 e. The summed E-state index contributed by atoms with van der Waals surface area (Å²) in [4.78, 5) is 23.1. The Balaban J connectivity index is 2.33. The van der Waals surface area contributed by atoms with E-state index in [2.05, 4.69) is 0 Å². The van der Waals surface area contributed by atoms with Crippen molar-refractivity contribution in [3.63, 3.8) is 0 Å². The molecule has 0 N–H and O–H groups in total. The lowest BCUT2D eigenvalue weighted by Gasteiger charge is -2.08. The predicted octanol–water partition coefficient (Wildman–Crippen LogP) is 4.27. The Hall–Kier alpha value is -1.26. The van der Waals surface area contributed by atoms with Gasteiger partial charge >= 0.3 is 11.9 Å². The summed E-state index contributed by atoms with van der Waals surface area (Å²) in [7, 11) is 0. The fourth-order valence-electron chi connectivity index (χ4n) is 1.45. The molecule has 1 rings (SSSR count). The highest BCUT2D eigenvalue weighted by molar-refractivity contribution is 6.37. The summed E-state index contributed by atoms with van der Waals surface area (Å²) in [5.41, 5.74) is 0. The number of ether oxygens (including phenoxy) is 2. The summed E-state index contributed by atoms with van der Waals surface area (Å²) in [5.74, 6) is -0.358. The minimum atomic E-state index is -0.485. The average Bonchev–Trinajstić information content (AvgIpc) is 2.41. The molecule has 0 aromatic heterocycles. The van der Waals surface area contributed by atoms with E-state index >= 15 is 0 Å². The lowest BCUT2D eigenvalue weighted by Crippen LogP contribution is -2.12. The van der Waals surface area contributed by atoms with Gasteiger partial charge in [0.2, 0.25) is 0 Å². The number of carbonyl (C=O) groups is 2. The first-order valence-corrected chi connectivity index (χ1v) is 7.46. The molecule has 1 aromatic rings. The van der Waals surface area contributed by atoms with Crippen LogP contribution in [0.15, 0.2) is 18.2 Å². The summed E-state index contributed by atoms with van der Waals surface area (Å²) < 4.78 is 10.1. The van der Waals surface area contributed by atoms with Gasteiger partial charge in [-0.1, -0.05) is 43.1 Å². The monoisotopic (exact) mass is 332 g/mol. The number of esters is 2. The first-order chi connectivity index (χ1) is 9.90. The topological polar surface area (TPSA) is 52.6 Å². The van der Waals surface area contributed by atoms with Crippen molar-refractivity contribution in [1.82, 2.24) is 0 Å². The highest BCUT2D eigenvalue weighted by atomic mass is 35.5. The molecule has 116 valence electrons. The highest BCUT2D eigenvalue weighted by Gasteiger charge is 2.13. The van der Waals surface area contributed by atoms with Crippen molar-refractivity contribution in [2.45, 2.75) is 33.1 Å². The molecule has 0 aliphatic carbocycles. The van der Waals surface area contributed by atoms with Gasteiger partial charge in [-0.05, 0) is 24.5 Å². The van der Waals surface area contributed by atoms with Crippen LogP contribution in [0.3, 0.4) is 0 Å². The largest absolute Gasteiger partial charge is 0.465 e. The number of carbonyl (C=O) groups excluding carboxylic acids is 2. The van der Waals surface area contributed by atoms with Crippen LogP contribution in [0.25, 0.3) is 0 Å². The zero-order chi connectivity index (χ0) is 15.8. The Morgan fingerprint density at radius 1 is 1.10 bits per heavy atom. The van der Waals surface area contributed by atoms with Crippen LogP contribution < -0.4 is 4.74 Å². The molecule has 0 aliphatic heterocycles. The molecule has 0 saturated carbocycles. The molecule has 0 saturated heterocycles. The van der Waals surface area contributed by atoms with Gasteiger partial charge in [-0.3, -0.25) is 9.59 Å². The summed E-state index contributed by atoms with van der Waals surface area (Å²) in [5, 5.41) is 0.541. The second-order valence-electron chi connectivity index (χ2n) is 4.96. The third-order valence-corrected chi connectivity index (χ3v) is 3.07. The van der Waals surface area contributed by atoms with Crippen molar-refractivity contribution in [2.24, 2.45) is 5.92 Å². The van der Waals surface area contributed by atoms with Crippen LogP contribution in [0.5, 0.6) is 5.75 Å². The van der Waals surface area contributed by atoms with E-state index in [1.807, 2.05) is 13.8 Å². The predicted molar refractivity (Wildman–Crippen MR) is 81.7 cm³/mol. The first-order valence-electron chi connectivity index (χ1n) is 6.70. The van der Waals surface area contributed by atoms with Crippen molar-refractivity contribution < 1.29 is 19.1 Å². The molecule has 6 heteroatoms. The zero-order valence-corrected chi connectivity index (χ0v) is 13.5. The maximum atomic E-state index is 11.7. The number of halogens is 2. The van der Waals surface area contributed by atoms with Crippen molar-refractivity contribution in [3.05, 3.63) is 28.2 Å². The third kappa shape index (κ3) is 6.82. The van der Waals surface area contributed by atoms with Crippen LogP contribution in [0.2, 0.25) is 10.0 Å². The number of rotatable bonds is 7. The van der Waals surface area contributed by atoms with E-state index in [0.717, 1.165) is 0 Å². The maximum Gasteiger partial charge on any atom is 0.311 e. The van der Waals surface area contributed by atoms with E-state index in [9.17, 15) is 9.59 Å². The molecule has 0 unspecified atom stereocenters. The number of hydrogen-bond acceptors (Lipinski definition) is 4. The van der Waals surface area contributed by atoms with Crippen LogP contribution in [-0.4, -0.2) is 18.5 Å². The van der Waals surface area contributed by atoms with Crippen LogP contribution in [0, 0.1) is 5.92 Å². The van der Waals surface area contributed by atoms with Gasteiger partial charge in [0.25, 0.3) is 0 Å². The van der Waals surface area contributed by atoms with Crippen molar-refractivity contribution in [1.29, 1.82) is 0 Å². The minimum absolute atomic E-state index is 0.0956. The van der Waals surface area contributed by atoms with E-state index in [-0.39, 0.29) is 34.6 Å². The number of benzene rings is 1. The molecule has 0 heterocycles. The Kier molecular flexibility index (Phi) is 7.54. The molecular weight excluding hydrogens is 315 g/mol. The smallest absolute Gasteiger partial charge is 0.311 e. The highest BCUT2D eigenvalue weighted by Crippen LogP contribution is 2.32. The van der Waals surface area contributed by atoms with Gasteiger partial charge in [-0.25, -0.2) is 0 Å². The Labute approximate surface area is 134 Å². The Morgan fingerprint density at radius 3 is 2.24 bits per heavy atom. The molecular formula is C15H18Cl2O4. The van der Waals surface area contributed by atoms with E-state index in [4.69, 9.17) is 32.7 Å². The average molecular weight is 333 g/mol. The van der Waals surface area contributed by atoms with E-state index < -0.39 is 5.97 Å². The second-order valence-corrected chi connectivity index (χ2v) is 5.77.